The Balaban J connectivity index is 2.16. The smallest absolute Gasteiger partial charge is 0.416 e. The standard InChI is InChI=1S/C17H23F3N2O5S/c1-16(2,3)27-15(24)22-6-4-5-12(10-22)21-28(25,26)14-8-11(17(18,19)20)7-13(23)9-14/h7-9,12,21,23H,4-6,10H2,1-3H3. The molecule has 1 fully saturated rings. The number of benzene rings is 1. The number of phenols is 1. The number of carbonyl (C=O) groups excluding carboxylic acids is 1. The van der Waals surface area contributed by atoms with Crippen LogP contribution < -0.4 is 4.72 Å². The van der Waals surface area contributed by atoms with Gasteiger partial charge in [0.15, 0.2) is 0 Å². The minimum absolute atomic E-state index is 0.0269. The zero-order chi connectivity index (χ0) is 21.3. The third-order valence-corrected chi connectivity index (χ3v) is 5.42. The lowest BCUT2D eigenvalue weighted by Gasteiger charge is -2.34. The molecular weight excluding hydrogens is 401 g/mol. The molecule has 1 unspecified atom stereocenters. The highest BCUT2D eigenvalue weighted by Gasteiger charge is 2.34. The van der Waals surface area contributed by atoms with Gasteiger partial charge in [-0.2, -0.15) is 13.2 Å². The van der Waals surface area contributed by atoms with E-state index in [4.69, 9.17) is 4.74 Å². The lowest BCUT2D eigenvalue weighted by molar-refractivity contribution is -0.137. The van der Waals surface area contributed by atoms with Crippen molar-refractivity contribution in [2.24, 2.45) is 0 Å². The molecule has 158 valence electrons. The van der Waals surface area contributed by atoms with Gasteiger partial charge in [-0.1, -0.05) is 0 Å². The Morgan fingerprint density at radius 1 is 1.25 bits per heavy atom. The van der Waals surface area contributed by atoms with Gasteiger partial charge in [-0.05, 0) is 51.8 Å². The van der Waals surface area contributed by atoms with Crippen molar-refractivity contribution in [3.05, 3.63) is 23.8 Å². The summed E-state index contributed by atoms with van der Waals surface area (Å²) < 4.78 is 71.3. The van der Waals surface area contributed by atoms with Gasteiger partial charge in [0, 0.05) is 19.1 Å². The molecule has 1 amide bonds. The van der Waals surface area contributed by atoms with E-state index in [1.165, 1.54) is 4.90 Å². The SMILES string of the molecule is CC(C)(C)OC(=O)N1CCCC(NS(=O)(=O)c2cc(O)cc(C(F)(F)F)c2)C1. The summed E-state index contributed by atoms with van der Waals surface area (Å²) in [7, 11) is -4.34. The first kappa shape index (κ1) is 22.3. The van der Waals surface area contributed by atoms with E-state index < -0.39 is 50.1 Å². The summed E-state index contributed by atoms with van der Waals surface area (Å²) in [6.07, 6.45) is -4.49. The Hall–Kier alpha value is -2.01. The predicted octanol–water partition coefficient (Wildman–Crippen LogP) is 3.09. The van der Waals surface area contributed by atoms with Crippen LogP contribution in [0.1, 0.15) is 39.2 Å². The topological polar surface area (TPSA) is 95.9 Å². The first-order valence-corrected chi connectivity index (χ1v) is 10.1. The maximum atomic E-state index is 12.9. The number of likely N-dealkylation sites (tertiary alicyclic amines) is 1. The Morgan fingerprint density at radius 2 is 1.89 bits per heavy atom. The van der Waals surface area contributed by atoms with Crippen molar-refractivity contribution >= 4 is 16.1 Å². The predicted molar refractivity (Wildman–Crippen MR) is 94.3 cm³/mol. The van der Waals surface area contributed by atoms with Crippen molar-refractivity contribution in [2.45, 2.75) is 56.3 Å². The average Bonchev–Trinajstić information content (AvgIpc) is 2.51. The Morgan fingerprint density at radius 3 is 2.46 bits per heavy atom. The Bertz CT molecular complexity index is 834. The van der Waals surface area contributed by atoms with E-state index in [1.807, 2.05) is 0 Å². The second-order valence-corrected chi connectivity index (χ2v) is 9.31. The first-order chi connectivity index (χ1) is 12.7. The molecule has 0 radical (unpaired) electrons. The molecule has 0 saturated carbocycles. The molecule has 1 aliphatic heterocycles. The molecule has 7 nitrogen and oxygen atoms in total. The van der Waals surface area contributed by atoms with Crippen LogP contribution >= 0.6 is 0 Å². The summed E-state index contributed by atoms with van der Waals surface area (Å²) in [5.74, 6) is -0.811. The van der Waals surface area contributed by atoms with Crippen LogP contribution in [-0.4, -0.2) is 49.2 Å². The van der Waals surface area contributed by atoms with E-state index in [0.717, 1.165) is 6.07 Å². The van der Waals surface area contributed by atoms with Crippen molar-refractivity contribution in [3.63, 3.8) is 0 Å². The van der Waals surface area contributed by atoms with Crippen molar-refractivity contribution in [1.29, 1.82) is 0 Å². The second-order valence-electron chi connectivity index (χ2n) is 7.60. The summed E-state index contributed by atoms with van der Waals surface area (Å²) in [5.41, 5.74) is -1.98. The van der Waals surface area contributed by atoms with Crippen LogP contribution in [0.15, 0.2) is 23.1 Å². The molecule has 2 rings (SSSR count). The van der Waals surface area contributed by atoms with Crippen LogP contribution in [-0.2, 0) is 20.9 Å². The monoisotopic (exact) mass is 424 g/mol. The highest BCUT2D eigenvalue weighted by molar-refractivity contribution is 7.89. The maximum absolute atomic E-state index is 12.9. The molecule has 0 aromatic heterocycles. The van der Waals surface area contributed by atoms with Gasteiger partial charge in [-0.15, -0.1) is 0 Å². The van der Waals surface area contributed by atoms with Gasteiger partial charge in [0.1, 0.15) is 11.4 Å². The minimum atomic E-state index is -4.80. The fourth-order valence-electron chi connectivity index (χ4n) is 2.76. The first-order valence-electron chi connectivity index (χ1n) is 8.59. The van der Waals surface area contributed by atoms with Crippen molar-refractivity contribution in [1.82, 2.24) is 9.62 Å². The number of rotatable bonds is 3. The number of phenolic OH excluding ortho intramolecular Hbond substituents is 1. The number of piperidine rings is 1. The molecule has 11 heteroatoms. The van der Waals surface area contributed by atoms with Gasteiger partial charge in [0.25, 0.3) is 0 Å². The van der Waals surface area contributed by atoms with E-state index >= 15 is 0 Å². The quantitative estimate of drug-likeness (QED) is 0.778. The van der Waals surface area contributed by atoms with Gasteiger partial charge < -0.3 is 14.7 Å². The summed E-state index contributed by atoms with van der Waals surface area (Å²) in [6.45, 7) is 5.52. The highest BCUT2D eigenvalue weighted by atomic mass is 32.2. The van der Waals surface area contributed by atoms with Crippen LogP contribution in [0, 0.1) is 0 Å². The normalized spacial score (nSPS) is 18.8. The maximum Gasteiger partial charge on any atom is 0.416 e. The third kappa shape index (κ3) is 5.99. The van der Waals surface area contributed by atoms with Gasteiger partial charge in [0.2, 0.25) is 10.0 Å². The molecule has 1 saturated heterocycles. The molecule has 0 spiro atoms. The largest absolute Gasteiger partial charge is 0.508 e. The van der Waals surface area contributed by atoms with E-state index in [-0.39, 0.29) is 6.54 Å². The van der Waals surface area contributed by atoms with Gasteiger partial charge in [-0.3, -0.25) is 0 Å². The number of amides is 1. The minimum Gasteiger partial charge on any atom is -0.508 e. The third-order valence-electron chi connectivity index (χ3n) is 3.92. The number of aromatic hydroxyl groups is 1. The fraction of sp³-hybridized carbons (Fsp3) is 0.588. The molecule has 2 N–H and O–H groups in total. The Labute approximate surface area is 161 Å². The molecule has 28 heavy (non-hydrogen) atoms. The lowest BCUT2D eigenvalue weighted by Crippen LogP contribution is -2.50. The summed E-state index contributed by atoms with van der Waals surface area (Å²) >= 11 is 0. The molecule has 1 heterocycles. The second kappa shape index (κ2) is 7.78. The molecule has 0 aliphatic carbocycles. The number of alkyl halides is 3. The van der Waals surface area contributed by atoms with Crippen LogP contribution in [0.25, 0.3) is 0 Å². The van der Waals surface area contributed by atoms with Crippen molar-refractivity contribution in [3.8, 4) is 5.75 Å². The van der Waals surface area contributed by atoms with Gasteiger partial charge >= 0.3 is 12.3 Å². The van der Waals surface area contributed by atoms with E-state index in [9.17, 15) is 31.5 Å². The number of carbonyl (C=O) groups is 1. The van der Waals surface area contributed by atoms with Crippen LogP contribution in [0.4, 0.5) is 18.0 Å². The molecule has 1 aromatic rings. The molecule has 1 aliphatic rings. The van der Waals surface area contributed by atoms with Gasteiger partial charge in [-0.25, -0.2) is 17.9 Å². The van der Waals surface area contributed by atoms with Crippen molar-refractivity contribution < 1.29 is 36.2 Å². The molecule has 1 atom stereocenters. The average molecular weight is 424 g/mol. The van der Waals surface area contributed by atoms with Crippen molar-refractivity contribution in [2.75, 3.05) is 13.1 Å². The zero-order valence-electron chi connectivity index (χ0n) is 15.7. The highest BCUT2D eigenvalue weighted by Crippen LogP contribution is 2.33. The summed E-state index contributed by atoms with van der Waals surface area (Å²) in [4.78, 5) is 12.8. The van der Waals surface area contributed by atoms with E-state index in [0.29, 0.717) is 31.5 Å². The molecule has 1 aromatic carbocycles. The lowest BCUT2D eigenvalue weighted by atomic mass is 10.1. The summed E-state index contributed by atoms with van der Waals surface area (Å²) in [5, 5.41) is 9.49. The zero-order valence-corrected chi connectivity index (χ0v) is 16.5. The fourth-order valence-corrected chi connectivity index (χ4v) is 4.08. The Kier molecular flexibility index (Phi) is 6.19. The van der Waals surface area contributed by atoms with Crippen LogP contribution in [0.3, 0.4) is 0 Å². The van der Waals surface area contributed by atoms with E-state index in [2.05, 4.69) is 4.72 Å². The molecular formula is C17H23F3N2O5S. The number of hydrogen-bond donors (Lipinski definition) is 2. The molecule has 0 bridgehead atoms. The number of sulfonamides is 1. The number of nitrogens with zero attached hydrogens (tertiary/aromatic N) is 1. The number of ether oxygens (including phenoxy) is 1. The number of nitrogens with one attached hydrogen (secondary N) is 1. The van der Waals surface area contributed by atoms with Gasteiger partial charge in [0.05, 0.1) is 10.5 Å². The van der Waals surface area contributed by atoms with Crippen LogP contribution in [0.2, 0.25) is 0 Å². The number of hydrogen-bond acceptors (Lipinski definition) is 5. The number of halogens is 3. The van der Waals surface area contributed by atoms with E-state index in [1.54, 1.807) is 20.8 Å². The van der Waals surface area contributed by atoms with Crippen LogP contribution in [0.5, 0.6) is 5.75 Å². The summed E-state index contributed by atoms with van der Waals surface area (Å²) in [6, 6.07) is 0.954.